The van der Waals surface area contributed by atoms with Gasteiger partial charge in [-0.05, 0) is 24.6 Å². The molecule has 0 saturated heterocycles. The molecule has 20 heavy (non-hydrogen) atoms. The molecular weight excluding hydrogens is 322 g/mol. The summed E-state index contributed by atoms with van der Waals surface area (Å²) in [6.45, 7) is 5.92. The fourth-order valence-electron chi connectivity index (χ4n) is 1.71. The molecule has 0 fully saturated rings. The van der Waals surface area contributed by atoms with Gasteiger partial charge in [0.2, 0.25) is 5.91 Å². The SMILES string of the molecule is C=CCN(CC(=O)OCC)C(=O)Cc1cccc(Br)c1. The summed E-state index contributed by atoms with van der Waals surface area (Å²) in [4.78, 5) is 25.1. The van der Waals surface area contributed by atoms with Gasteiger partial charge in [-0.25, -0.2) is 0 Å². The van der Waals surface area contributed by atoms with Crippen molar-refractivity contribution < 1.29 is 14.3 Å². The molecule has 1 rings (SSSR count). The number of benzene rings is 1. The molecule has 108 valence electrons. The number of amides is 1. The monoisotopic (exact) mass is 339 g/mol. The zero-order valence-corrected chi connectivity index (χ0v) is 13.1. The van der Waals surface area contributed by atoms with E-state index in [4.69, 9.17) is 4.74 Å². The van der Waals surface area contributed by atoms with Crippen LogP contribution in [0.3, 0.4) is 0 Å². The molecule has 0 aromatic heterocycles. The maximum Gasteiger partial charge on any atom is 0.325 e. The molecule has 0 bridgehead atoms. The molecule has 4 nitrogen and oxygen atoms in total. The molecular formula is C15H18BrNO3. The number of rotatable bonds is 7. The molecule has 0 aliphatic heterocycles. The van der Waals surface area contributed by atoms with Gasteiger partial charge in [-0.15, -0.1) is 6.58 Å². The quantitative estimate of drug-likeness (QED) is 0.566. The molecule has 0 atom stereocenters. The molecule has 0 spiro atoms. The van der Waals surface area contributed by atoms with Gasteiger partial charge in [-0.3, -0.25) is 9.59 Å². The number of ether oxygens (including phenoxy) is 1. The molecule has 0 aliphatic carbocycles. The van der Waals surface area contributed by atoms with E-state index in [9.17, 15) is 9.59 Å². The second kappa shape index (κ2) is 8.53. The minimum absolute atomic E-state index is 0.0489. The highest BCUT2D eigenvalue weighted by Gasteiger charge is 2.17. The highest BCUT2D eigenvalue weighted by atomic mass is 79.9. The molecule has 0 aliphatic rings. The van der Waals surface area contributed by atoms with Gasteiger partial charge in [0.25, 0.3) is 0 Å². The van der Waals surface area contributed by atoms with Crippen LogP contribution in [0.5, 0.6) is 0 Å². The lowest BCUT2D eigenvalue weighted by atomic mass is 10.1. The summed E-state index contributed by atoms with van der Waals surface area (Å²) < 4.78 is 5.78. The van der Waals surface area contributed by atoms with E-state index >= 15 is 0 Å². The van der Waals surface area contributed by atoms with E-state index in [0.29, 0.717) is 13.2 Å². The van der Waals surface area contributed by atoms with E-state index in [0.717, 1.165) is 10.0 Å². The number of halogens is 1. The largest absolute Gasteiger partial charge is 0.465 e. The van der Waals surface area contributed by atoms with Gasteiger partial charge in [0, 0.05) is 11.0 Å². The van der Waals surface area contributed by atoms with Crippen molar-refractivity contribution in [1.82, 2.24) is 4.90 Å². The van der Waals surface area contributed by atoms with Gasteiger partial charge in [0.15, 0.2) is 0 Å². The first-order chi connectivity index (χ1) is 9.56. The van der Waals surface area contributed by atoms with Crippen molar-refractivity contribution in [3.8, 4) is 0 Å². The third kappa shape index (κ3) is 5.57. The molecule has 0 unspecified atom stereocenters. The Hall–Kier alpha value is -1.62. The van der Waals surface area contributed by atoms with Crippen LogP contribution in [0.25, 0.3) is 0 Å². The molecule has 0 saturated carbocycles. The zero-order valence-electron chi connectivity index (χ0n) is 11.5. The fraction of sp³-hybridized carbons (Fsp3) is 0.333. The van der Waals surface area contributed by atoms with E-state index in [1.54, 1.807) is 13.0 Å². The van der Waals surface area contributed by atoms with Gasteiger partial charge in [-0.2, -0.15) is 0 Å². The number of hydrogen-bond acceptors (Lipinski definition) is 3. The van der Waals surface area contributed by atoms with Crippen LogP contribution in [0, 0.1) is 0 Å². The third-order valence-electron chi connectivity index (χ3n) is 2.57. The standard InChI is InChI=1S/C15H18BrNO3/c1-3-8-17(11-15(19)20-4-2)14(18)10-12-6-5-7-13(16)9-12/h3,5-7,9H,1,4,8,10-11H2,2H3. The van der Waals surface area contributed by atoms with Crippen molar-refractivity contribution in [3.63, 3.8) is 0 Å². The van der Waals surface area contributed by atoms with Gasteiger partial charge < -0.3 is 9.64 Å². The minimum atomic E-state index is -0.406. The summed E-state index contributed by atoms with van der Waals surface area (Å²) in [5.74, 6) is -0.534. The predicted octanol–water partition coefficient (Wildman–Crippen LogP) is 2.57. The van der Waals surface area contributed by atoms with Crippen LogP contribution in [0.15, 0.2) is 41.4 Å². The van der Waals surface area contributed by atoms with Crippen molar-refractivity contribution in [1.29, 1.82) is 0 Å². The van der Waals surface area contributed by atoms with Crippen LogP contribution in [-0.4, -0.2) is 36.5 Å². The van der Waals surface area contributed by atoms with Crippen molar-refractivity contribution in [2.75, 3.05) is 19.7 Å². The third-order valence-corrected chi connectivity index (χ3v) is 3.07. The maximum atomic E-state index is 12.2. The lowest BCUT2D eigenvalue weighted by Gasteiger charge is -2.20. The fourth-order valence-corrected chi connectivity index (χ4v) is 2.15. The van der Waals surface area contributed by atoms with Crippen molar-refractivity contribution >= 4 is 27.8 Å². The van der Waals surface area contributed by atoms with Gasteiger partial charge in [0.1, 0.15) is 6.54 Å². The lowest BCUT2D eigenvalue weighted by molar-refractivity contribution is -0.148. The predicted molar refractivity (Wildman–Crippen MR) is 81.3 cm³/mol. The molecule has 0 radical (unpaired) electrons. The Labute approximate surface area is 127 Å². The minimum Gasteiger partial charge on any atom is -0.465 e. The molecule has 5 heteroatoms. The highest BCUT2D eigenvalue weighted by Crippen LogP contribution is 2.13. The van der Waals surface area contributed by atoms with Gasteiger partial charge >= 0.3 is 5.97 Å². The van der Waals surface area contributed by atoms with Crippen molar-refractivity contribution in [2.45, 2.75) is 13.3 Å². The smallest absolute Gasteiger partial charge is 0.325 e. The first-order valence-electron chi connectivity index (χ1n) is 6.35. The van der Waals surface area contributed by atoms with E-state index in [2.05, 4.69) is 22.5 Å². The number of hydrogen-bond donors (Lipinski definition) is 0. The average Bonchev–Trinajstić information content (AvgIpc) is 2.38. The first-order valence-corrected chi connectivity index (χ1v) is 7.14. The second-order valence-corrected chi connectivity index (χ2v) is 5.09. The maximum absolute atomic E-state index is 12.2. The zero-order chi connectivity index (χ0) is 15.0. The Morgan fingerprint density at radius 2 is 2.20 bits per heavy atom. The van der Waals surface area contributed by atoms with E-state index < -0.39 is 5.97 Å². The van der Waals surface area contributed by atoms with Crippen molar-refractivity contribution in [2.24, 2.45) is 0 Å². The number of esters is 1. The Balaban J connectivity index is 2.68. The first kappa shape index (κ1) is 16.4. The Morgan fingerprint density at radius 1 is 1.45 bits per heavy atom. The molecule has 0 heterocycles. The summed E-state index contributed by atoms with van der Waals surface area (Å²) in [5.41, 5.74) is 0.891. The number of carbonyl (C=O) groups excluding carboxylic acids is 2. The Bertz CT molecular complexity index is 488. The summed E-state index contributed by atoms with van der Waals surface area (Å²) in [6, 6.07) is 7.53. The van der Waals surface area contributed by atoms with Crippen LogP contribution >= 0.6 is 15.9 Å². The summed E-state index contributed by atoms with van der Waals surface area (Å²) in [6.07, 6.45) is 1.84. The lowest BCUT2D eigenvalue weighted by Crippen LogP contribution is -2.37. The average molecular weight is 340 g/mol. The number of nitrogens with zero attached hydrogens (tertiary/aromatic N) is 1. The van der Waals surface area contributed by atoms with Crippen molar-refractivity contribution in [3.05, 3.63) is 47.0 Å². The molecule has 1 aromatic rings. The molecule has 1 aromatic carbocycles. The Kier molecular flexibility index (Phi) is 7.01. The van der Waals surface area contributed by atoms with E-state index in [1.807, 2.05) is 24.3 Å². The summed E-state index contributed by atoms with van der Waals surface area (Å²) in [5, 5.41) is 0. The van der Waals surface area contributed by atoms with Crippen LogP contribution in [0.2, 0.25) is 0 Å². The van der Waals surface area contributed by atoms with E-state index in [-0.39, 0.29) is 18.9 Å². The van der Waals surface area contributed by atoms with Crippen LogP contribution < -0.4 is 0 Å². The normalized spacial score (nSPS) is 9.90. The topological polar surface area (TPSA) is 46.6 Å². The summed E-state index contributed by atoms with van der Waals surface area (Å²) in [7, 11) is 0. The molecule has 1 amide bonds. The molecule has 0 N–H and O–H groups in total. The highest BCUT2D eigenvalue weighted by molar-refractivity contribution is 9.10. The van der Waals surface area contributed by atoms with Gasteiger partial charge in [0.05, 0.1) is 13.0 Å². The Morgan fingerprint density at radius 3 is 2.80 bits per heavy atom. The van der Waals surface area contributed by atoms with Crippen LogP contribution in [-0.2, 0) is 20.7 Å². The van der Waals surface area contributed by atoms with Crippen LogP contribution in [0.1, 0.15) is 12.5 Å². The van der Waals surface area contributed by atoms with Crippen LogP contribution in [0.4, 0.5) is 0 Å². The number of carbonyl (C=O) groups is 2. The summed E-state index contributed by atoms with van der Waals surface area (Å²) >= 11 is 3.37. The van der Waals surface area contributed by atoms with Gasteiger partial charge in [-0.1, -0.05) is 34.1 Å². The second-order valence-electron chi connectivity index (χ2n) is 4.17. The van der Waals surface area contributed by atoms with E-state index in [1.165, 1.54) is 4.90 Å².